The van der Waals surface area contributed by atoms with Crippen LogP contribution in [0.3, 0.4) is 0 Å². The SMILES string of the molecule is CCCC=Cc1ccc2occc2c1. The molecule has 0 radical (unpaired) electrons. The van der Waals surface area contributed by atoms with Crippen LogP contribution in [-0.2, 0) is 0 Å². The second-order valence-corrected chi connectivity index (χ2v) is 3.41. The fourth-order valence-corrected chi connectivity index (χ4v) is 1.47. The van der Waals surface area contributed by atoms with Gasteiger partial charge in [0.25, 0.3) is 0 Å². The van der Waals surface area contributed by atoms with Gasteiger partial charge in [-0.3, -0.25) is 0 Å². The van der Waals surface area contributed by atoms with Gasteiger partial charge in [-0.1, -0.05) is 31.6 Å². The Kier molecular flexibility index (Phi) is 2.68. The van der Waals surface area contributed by atoms with Crippen molar-refractivity contribution in [1.29, 1.82) is 0 Å². The van der Waals surface area contributed by atoms with Crippen molar-refractivity contribution in [2.45, 2.75) is 19.8 Å². The first-order valence-corrected chi connectivity index (χ1v) is 5.04. The summed E-state index contributed by atoms with van der Waals surface area (Å²) in [5.41, 5.74) is 2.20. The van der Waals surface area contributed by atoms with Crippen molar-refractivity contribution < 1.29 is 4.42 Å². The molecule has 1 heteroatoms. The Morgan fingerprint density at radius 3 is 3.07 bits per heavy atom. The first kappa shape index (κ1) is 9.07. The maximum atomic E-state index is 5.27. The van der Waals surface area contributed by atoms with Crippen molar-refractivity contribution in [2.75, 3.05) is 0 Å². The second kappa shape index (κ2) is 4.14. The molecule has 1 nitrogen and oxygen atoms in total. The highest BCUT2D eigenvalue weighted by atomic mass is 16.3. The molecule has 2 rings (SSSR count). The summed E-state index contributed by atoms with van der Waals surface area (Å²) in [5.74, 6) is 0. The molecule has 14 heavy (non-hydrogen) atoms. The number of furan rings is 1. The maximum Gasteiger partial charge on any atom is 0.133 e. The van der Waals surface area contributed by atoms with Gasteiger partial charge in [-0.05, 0) is 30.2 Å². The summed E-state index contributed by atoms with van der Waals surface area (Å²) in [6.45, 7) is 2.18. The summed E-state index contributed by atoms with van der Waals surface area (Å²) in [4.78, 5) is 0. The van der Waals surface area contributed by atoms with Crippen molar-refractivity contribution in [3.05, 3.63) is 42.2 Å². The lowest BCUT2D eigenvalue weighted by Crippen LogP contribution is -1.71. The highest BCUT2D eigenvalue weighted by Gasteiger charge is 1.95. The molecule has 0 fully saturated rings. The van der Waals surface area contributed by atoms with Crippen LogP contribution in [0.1, 0.15) is 25.3 Å². The van der Waals surface area contributed by atoms with Crippen molar-refractivity contribution in [2.24, 2.45) is 0 Å². The molecule has 1 aromatic heterocycles. The van der Waals surface area contributed by atoms with Gasteiger partial charge >= 0.3 is 0 Å². The molecular weight excluding hydrogens is 172 g/mol. The van der Waals surface area contributed by atoms with Gasteiger partial charge in [0.05, 0.1) is 6.26 Å². The number of hydrogen-bond acceptors (Lipinski definition) is 1. The lowest BCUT2D eigenvalue weighted by molar-refractivity contribution is 0.616. The molecule has 0 bridgehead atoms. The van der Waals surface area contributed by atoms with Crippen molar-refractivity contribution in [3.8, 4) is 0 Å². The Hall–Kier alpha value is -1.50. The smallest absolute Gasteiger partial charge is 0.133 e. The molecular formula is C13H14O. The zero-order chi connectivity index (χ0) is 9.80. The van der Waals surface area contributed by atoms with Gasteiger partial charge in [0.1, 0.15) is 5.58 Å². The van der Waals surface area contributed by atoms with Crippen molar-refractivity contribution in [3.63, 3.8) is 0 Å². The average Bonchev–Trinajstić information content (AvgIpc) is 2.65. The molecule has 1 heterocycles. The highest BCUT2D eigenvalue weighted by Crippen LogP contribution is 2.17. The highest BCUT2D eigenvalue weighted by molar-refractivity contribution is 5.79. The lowest BCUT2D eigenvalue weighted by Gasteiger charge is -1.93. The summed E-state index contributed by atoms with van der Waals surface area (Å²) >= 11 is 0. The first-order valence-electron chi connectivity index (χ1n) is 5.04. The Bertz CT molecular complexity index is 437. The van der Waals surface area contributed by atoms with Gasteiger partial charge in [0.2, 0.25) is 0 Å². The van der Waals surface area contributed by atoms with Gasteiger partial charge in [-0.2, -0.15) is 0 Å². The zero-order valence-electron chi connectivity index (χ0n) is 8.36. The quantitative estimate of drug-likeness (QED) is 0.698. The topological polar surface area (TPSA) is 13.1 Å². The summed E-state index contributed by atoms with van der Waals surface area (Å²) < 4.78 is 5.27. The molecule has 0 saturated heterocycles. The Balaban J connectivity index is 2.25. The Labute approximate surface area is 84.0 Å². The molecule has 0 unspecified atom stereocenters. The van der Waals surface area contributed by atoms with E-state index >= 15 is 0 Å². The molecule has 72 valence electrons. The monoisotopic (exact) mass is 186 g/mol. The van der Waals surface area contributed by atoms with Crippen LogP contribution in [0, 0.1) is 0 Å². The first-order chi connectivity index (χ1) is 6.90. The largest absolute Gasteiger partial charge is 0.464 e. The standard InChI is InChI=1S/C13H14O/c1-2-3-4-5-11-6-7-13-12(10-11)8-9-14-13/h4-10H,2-3H2,1H3. The van der Waals surface area contributed by atoms with Crippen molar-refractivity contribution >= 4 is 17.0 Å². The molecule has 0 aliphatic carbocycles. The van der Waals surface area contributed by atoms with E-state index in [1.54, 1.807) is 6.26 Å². The molecule has 0 aliphatic rings. The van der Waals surface area contributed by atoms with E-state index in [-0.39, 0.29) is 0 Å². The van der Waals surface area contributed by atoms with Crippen LogP contribution < -0.4 is 0 Å². The second-order valence-electron chi connectivity index (χ2n) is 3.41. The van der Waals surface area contributed by atoms with E-state index in [2.05, 4.69) is 31.2 Å². The molecule has 1 aromatic carbocycles. The summed E-state index contributed by atoms with van der Waals surface area (Å²) in [7, 11) is 0. The predicted octanol–water partition coefficient (Wildman–Crippen LogP) is 4.25. The van der Waals surface area contributed by atoms with E-state index in [4.69, 9.17) is 4.42 Å². The van der Waals surface area contributed by atoms with Crippen LogP contribution in [0.25, 0.3) is 17.0 Å². The molecule has 0 atom stereocenters. The minimum atomic E-state index is 0.956. The minimum Gasteiger partial charge on any atom is -0.464 e. The van der Waals surface area contributed by atoms with E-state index in [0.717, 1.165) is 12.0 Å². The summed E-state index contributed by atoms with van der Waals surface area (Å²) in [5, 5.41) is 1.17. The third-order valence-electron chi connectivity index (χ3n) is 2.24. The number of benzene rings is 1. The number of allylic oxidation sites excluding steroid dienone is 1. The van der Waals surface area contributed by atoms with E-state index in [1.807, 2.05) is 12.1 Å². The number of rotatable bonds is 3. The van der Waals surface area contributed by atoms with Crippen LogP contribution >= 0.6 is 0 Å². The van der Waals surface area contributed by atoms with E-state index in [0.29, 0.717) is 0 Å². The van der Waals surface area contributed by atoms with Gasteiger partial charge in [0, 0.05) is 5.39 Å². The van der Waals surface area contributed by atoms with Gasteiger partial charge in [0.15, 0.2) is 0 Å². The van der Waals surface area contributed by atoms with E-state index < -0.39 is 0 Å². The Morgan fingerprint density at radius 2 is 2.21 bits per heavy atom. The summed E-state index contributed by atoms with van der Waals surface area (Å²) in [6.07, 6.45) is 8.44. The molecule has 0 N–H and O–H groups in total. The van der Waals surface area contributed by atoms with E-state index in [9.17, 15) is 0 Å². The molecule has 2 aromatic rings. The normalized spacial score (nSPS) is 11.5. The molecule has 0 spiro atoms. The Morgan fingerprint density at radius 1 is 1.29 bits per heavy atom. The number of fused-ring (bicyclic) bond motifs is 1. The average molecular weight is 186 g/mol. The van der Waals surface area contributed by atoms with Gasteiger partial charge in [-0.15, -0.1) is 0 Å². The van der Waals surface area contributed by atoms with Crippen LogP contribution in [0.15, 0.2) is 41.0 Å². The fraction of sp³-hybridized carbons (Fsp3) is 0.231. The fourth-order valence-electron chi connectivity index (χ4n) is 1.47. The zero-order valence-corrected chi connectivity index (χ0v) is 8.36. The maximum absolute atomic E-state index is 5.27. The summed E-state index contributed by atoms with van der Waals surface area (Å²) in [6, 6.07) is 8.23. The van der Waals surface area contributed by atoms with Gasteiger partial charge < -0.3 is 4.42 Å². The van der Waals surface area contributed by atoms with Crippen LogP contribution in [0.2, 0.25) is 0 Å². The number of unbranched alkanes of at least 4 members (excludes halogenated alkanes) is 1. The van der Waals surface area contributed by atoms with Crippen molar-refractivity contribution in [1.82, 2.24) is 0 Å². The third-order valence-corrected chi connectivity index (χ3v) is 2.24. The van der Waals surface area contributed by atoms with Crippen LogP contribution in [0.4, 0.5) is 0 Å². The minimum absolute atomic E-state index is 0.956. The third kappa shape index (κ3) is 1.87. The number of hydrogen-bond donors (Lipinski definition) is 0. The van der Waals surface area contributed by atoms with Crippen LogP contribution in [-0.4, -0.2) is 0 Å². The molecule has 0 saturated carbocycles. The molecule has 0 aliphatic heterocycles. The van der Waals surface area contributed by atoms with E-state index in [1.165, 1.54) is 17.4 Å². The molecule has 0 amide bonds. The van der Waals surface area contributed by atoms with Crippen LogP contribution in [0.5, 0.6) is 0 Å². The van der Waals surface area contributed by atoms with Gasteiger partial charge in [-0.25, -0.2) is 0 Å². The predicted molar refractivity (Wildman–Crippen MR) is 60.2 cm³/mol. The lowest BCUT2D eigenvalue weighted by atomic mass is 10.1.